The van der Waals surface area contributed by atoms with Gasteiger partial charge < -0.3 is 15.2 Å². The van der Waals surface area contributed by atoms with Gasteiger partial charge in [0.15, 0.2) is 0 Å². The summed E-state index contributed by atoms with van der Waals surface area (Å²) in [7, 11) is 0. The Morgan fingerprint density at radius 1 is 1.26 bits per heavy atom. The molecule has 1 fully saturated rings. The molecular formula is C21H26ClNO4. The van der Waals surface area contributed by atoms with Crippen LogP contribution in [-0.2, 0) is 14.3 Å². The molecule has 1 spiro atoms. The number of rotatable bonds is 3. The lowest BCUT2D eigenvalue weighted by molar-refractivity contribution is -0.144. The van der Waals surface area contributed by atoms with Gasteiger partial charge in [0, 0.05) is 5.02 Å². The summed E-state index contributed by atoms with van der Waals surface area (Å²) in [5.41, 5.74) is 2.14. The fourth-order valence-electron chi connectivity index (χ4n) is 4.03. The maximum Gasteiger partial charge on any atom is 0.313 e. The van der Waals surface area contributed by atoms with Crippen LogP contribution in [0.4, 0.5) is 0 Å². The van der Waals surface area contributed by atoms with E-state index in [1.807, 2.05) is 26.0 Å². The van der Waals surface area contributed by atoms with E-state index in [0.29, 0.717) is 42.0 Å². The van der Waals surface area contributed by atoms with Crippen molar-refractivity contribution >= 4 is 29.1 Å². The van der Waals surface area contributed by atoms with Gasteiger partial charge in [-0.2, -0.15) is 0 Å². The van der Waals surface area contributed by atoms with Crippen molar-refractivity contribution in [3.63, 3.8) is 0 Å². The molecule has 0 unspecified atom stereocenters. The maximum absolute atomic E-state index is 13.0. The Balaban J connectivity index is 2.18. The standard InChI is InChI=1S/C21H26ClNO4/c1-11(2)20(26)27-18-17(16-12(3)9-14(22)10-13(16)4)19(25)23-21(18)7-5-15(24)6-8-21/h9-11,15,24H,5-8H2,1-4H3,(H,23,25). The van der Waals surface area contributed by atoms with Crippen LogP contribution in [0, 0.1) is 19.8 Å². The van der Waals surface area contributed by atoms with E-state index in [1.165, 1.54) is 0 Å². The van der Waals surface area contributed by atoms with E-state index in [4.69, 9.17) is 16.3 Å². The zero-order valence-electron chi connectivity index (χ0n) is 16.2. The Morgan fingerprint density at radius 3 is 2.33 bits per heavy atom. The molecular weight excluding hydrogens is 366 g/mol. The van der Waals surface area contributed by atoms with Crippen molar-refractivity contribution < 1.29 is 19.4 Å². The van der Waals surface area contributed by atoms with Gasteiger partial charge in [0.05, 0.1) is 23.1 Å². The van der Waals surface area contributed by atoms with Crippen LogP contribution in [0.1, 0.15) is 56.2 Å². The molecule has 1 heterocycles. The Bertz CT molecular complexity index is 796. The molecule has 0 radical (unpaired) electrons. The molecule has 5 nitrogen and oxygen atoms in total. The molecule has 1 aliphatic carbocycles. The van der Waals surface area contributed by atoms with Crippen LogP contribution in [0.25, 0.3) is 5.57 Å². The van der Waals surface area contributed by atoms with Crippen molar-refractivity contribution in [3.05, 3.63) is 39.6 Å². The number of hydrogen-bond donors (Lipinski definition) is 2. The minimum Gasteiger partial charge on any atom is -0.427 e. The molecule has 3 rings (SSSR count). The van der Waals surface area contributed by atoms with Gasteiger partial charge in [-0.15, -0.1) is 0 Å². The summed E-state index contributed by atoms with van der Waals surface area (Å²) in [6.07, 6.45) is 1.78. The number of carbonyl (C=O) groups excluding carboxylic acids is 2. The van der Waals surface area contributed by atoms with Crippen molar-refractivity contribution in [2.24, 2.45) is 5.92 Å². The van der Waals surface area contributed by atoms with Crippen molar-refractivity contribution in [1.29, 1.82) is 0 Å². The molecule has 1 aliphatic heterocycles. The number of aliphatic hydroxyl groups excluding tert-OH is 1. The second-order valence-electron chi connectivity index (χ2n) is 7.96. The molecule has 2 aliphatic rings. The van der Waals surface area contributed by atoms with Gasteiger partial charge in [-0.25, -0.2) is 0 Å². The Morgan fingerprint density at radius 2 is 1.81 bits per heavy atom. The van der Waals surface area contributed by atoms with E-state index < -0.39 is 11.6 Å². The monoisotopic (exact) mass is 391 g/mol. The van der Waals surface area contributed by atoms with Crippen molar-refractivity contribution in [2.45, 2.75) is 65.0 Å². The van der Waals surface area contributed by atoms with Crippen LogP contribution in [0.2, 0.25) is 5.02 Å². The quantitative estimate of drug-likeness (QED) is 0.771. The van der Waals surface area contributed by atoms with Crippen LogP contribution in [0.3, 0.4) is 0 Å². The van der Waals surface area contributed by atoms with Gasteiger partial charge in [-0.1, -0.05) is 25.4 Å². The van der Waals surface area contributed by atoms with Crippen molar-refractivity contribution in [3.8, 4) is 0 Å². The smallest absolute Gasteiger partial charge is 0.313 e. The normalized spacial score (nSPS) is 25.3. The lowest BCUT2D eigenvalue weighted by Crippen LogP contribution is -2.49. The van der Waals surface area contributed by atoms with E-state index in [-0.39, 0.29) is 17.8 Å². The number of ether oxygens (including phenoxy) is 1. The minimum absolute atomic E-state index is 0.244. The topological polar surface area (TPSA) is 75.6 Å². The molecule has 6 heteroatoms. The molecule has 1 aromatic rings. The molecule has 2 N–H and O–H groups in total. The Kier molecular flexibility index (Phi) is 5.37. The third kappa shape index (κ3) is 3.63. The summed E-state index contributed by atoms with van der Waals surface area (Å²) in [6.45, 7) is 7.32. The zero-order valence-corrected chi connectivity index (χ0v) is 16.9. The first-order valence-electron chi connectivity index (χ1n) is 9.39. The van der Waals surface area contributed by atoms with Gasteiger partial charge in [0.2, 0.25) is 0 Å². The van der Waals surface area contributed by atoms with Crippen LogP contribution in [0.15, 0.2) is 17.9 Å². The van der Waals surface area contributed by atoms with Gasteiger partial charge in [-0.05, 0) is 68.4 Å². The highest BCUT2D eigenvalue weighted by Gasteiger charge is 2.50. The predicted molar refractivity (Wildman–Crippen MR) is 104 cm³/mol. The average Bonchev–Trinajstić information content (AvgIpc) is 2.82. The van der Waals surface area contributed by atoms with Gasteiger partial charge in [0.25, 0.3) is 5.91 Å². The molecule has 27 heavy (non-hydrogen) atoms. The first kappa shape index (κ1) is 19.9. The summed E-state index contributed by atoms with van der Waals surface area (Å²) in [4.78, 5) is 25.5. The summed E-state index contributed by atoms with van der Waals surface area (Å²) < 4.78 is 5.82. The molecule has 1 aromatic carbocycles. The van der Waals surface area contributed by atoms with Gasteiger partial charge >= 0.3 is 5.97 Å². The summed E-state index contributed by atoms with van der Waals surface area (Å²) >= 11 is 6.16. The predicted octanol–water partition coefficient (Wildman–Crippen LogP) is 3.67. The Labute approximate surface area is 164 Å². The van der Waals surface area contributed by atoms with Gasteiger partial charge in [-0.3, -0.25) is 9.59 Å². The largest absolute Gasteiger partial charge is 0.427 e. The van der Waals surface area contributed by atoms with Crippen LogP contribution < -0.4 is 5.32 Å². The third-order valence-corrected chi connectivity index (χ3v) is 5.69. The van der Waals surface area contributed by atoms with Crippen LogP contribution in [0.5, 0.6) is 0 Å². The minimum atomic E-state index is -0.741. The summed E-state index contributed by atoms with van der Waals surface area (Å²) in [6, 6.07) is 3.61. The van der Waals surface area contributed by atoms with Crippen molar-refractivity contribution in [1.82, 2.24) is 5.32 Å². The van der Waals surface area contributed by atoms with E-state index >= 15 is 0 Å². The van der Waals surface area contributed by atoms with E-state index in [0.717, 1.165) is 16.7 Å². The fraction of sp³-hybridized carbons (Fsp3) is 0.524. The number of carbonyl (C=O) groups is 2. The zero-order chi connectivity index (χ0) is 19.9. The van der Waals surface area contributed by atoms with E-state index in [9.17, 15) is 14.7 Å². The second kappa shape index (κ2) is 7.28. The third-order valence-electron chi connectivity index (χ3n) is 5.47. The highest BCUT2D eigenvalue weighted by Crippen LogP contribution is 2.45. The Hall–Kier alpha value is -1.85. The number of halogens is 1. The first-order chi connectivity index (χ1) is 12.6. The number of aryl methyl sites for hydroxylation is 2. The molecule has 0 bridgehead atoms. The fourth-order valence-corrected chi connectivity index (χ4v) is 4.35. The SMILES string of the molecule is Cc1cc(Cl)cc(C)c1C1=C(OC(=O)C(C)C)C2(CCC(O)CC2)NC1=O. The number of amides is 1. The molecule has 0 aromatic heterocycles. The van der Waals surface area contributed by atoms with Gasteiger partial charge in [0.1, 0.15) is 5.76 Å². The average molecular weight is 392 g/mol. The van der Waals surface area contributed by atoms with Crippen molar-refractivity contribution in [2.75, 3.05) is 0 Å². The number of esters is 1. The number of benzene rings is 1. The lowest BCUT2D eigenvalue weighted by Gasteiger charge is -2.37. The van der Waals surface area contributed by atoms with Crippen LogP contribution >= 0.6 is 11.6 Å². The summed E-state index contributed by atoms with van der Waals surface area (Å²) in [5, 5.41) is 13.6. The molecule has 1 amide bonds. The molecule has 1 saturated carbocycles. The maximum atomic E-state index is 13.0. The number of aliphatic hydroxyl groups is 1. The molecule has 0 atom stereocenters. The molecule has 0 saturated heterocycles. The lowest BCUT2D eigenvalue weighted by atomic mass is 9.79. The highest BCUT2D eigenvalue weighted by molar-refractivity contribution is 6.31. The van der Waals surface area contributed by atoms with Crippen LogP contribution in [-0.4, -0.2) is 28.6 Å². The number of nitrogens with one attached hydrogen (secondary N) is 1. The highest BCUT2D eigenvalue weighted by atomic mass is 35.5. The second-order valence-corrected chi connectivity index (χ2v) is 8.40. The van der Waals surface area contributed by atoms with E-state index in [1.54, 1.807) is 13.8 Å². The van der Waals surface area contributed by atoms with E-state index in [2.05, 4.69) is 5.32 Å². The summed E-state index contributed by atoms with van der Waals surface area (Å²) in [5.74, 6) is -0.528. The first-order valence-corrected chi connectivity index (χ1v) is 9.76. The number of hydrogen-bond acceptors (Lipinski definition) is 4. The molecule has 146 valence electrons.